The lowest BCUT2D eigenvalue weighted by atomic mass is 10.3. The first kappa shape index (κ1) is 11.5. The Labute approximate surface area is 102 Å². The first-order valence-electron chi connectivity index (χ1n) is 4.87. The summed E-state index contributed by atoms with van der Waals surface area (Å²) in [5, 5.41) is 20.2. The van der Waals surface area contributed by atoms with Gasteiger partial charge in [0.25, 0.3) is 0 Å². The summed E-state index contributed by atoms with van der Waals surface area (Å²) in [6.45, 7) is 0. The number of hydrogen-bond acceptors (Lipinski definition) is 6. The molecule has 0 aliphatic heterocycles. The highest BCUT2D eigenvalue weighted by Crippen LogP contribution is 2.13. The summed E-state index contributed by atoms with van der Waals surface area (Å²) in [6, 6.07) is 6.40. The Hall–Kier alpha value is -3.01. The minimum atomic E-state index is -1.13. The van der Waals surface area contributed by atoms with Crippen LogP contribution in [-0.4, -0.2) is 26.0 Å². The van der Waals surface area contributed by atoms with Gasteiger partial charge in [-0.1, -0.05) is 0 Å². The number of nitrogens with zero attached hydrogens (tertiary/aromatic N) is 4. The third kappa shape index (κ3) is 2.56. The highest BCUT2D eigenvalue weighted by Gasteiger charge is 2.06. The molecule has 0 aliphatic carbocycles. The Morgan fingerprint density at radius 3 is 2.78 bits per heavy atom. The van der Waals surface area contributed by atoms with Crippen LogP contribution in [0.3, 0.4) is 0 Å². The fraction of sp³-hybridized carbons (Fsp3) is 0. The van der Waals surface area contributed by atoms with Gasteiger partial charge in [0.15, 0.2) is 5.69 Å². The zero-order valence-electron chi connectivity index (χ0n) is 9.03. The number of nitrogens with one attached hydrogen (secondary N) is 1. The first-order chi connectivity index (χ1) is 8.69. The number of carbonyl (C=O) groups is 1. The van der Waals surface area contributed by atoms with Gasteiger partial charge in [0.05, 0.1) is 11.9 Å². The second kappa shape index (κ2) is 4.88. The summed E-state index contributed by atoms with van der Waals surface area (Å²) in [4.78, 5) is 22.1. The van der Waals surface area contributed by atoms with Gasteiger partial charge in [-0.15, -0.1) is 0 Å². The lowest BCUT2D eigenvalue weighted by molar-refractivity contribution is 0.0690. The van der Waals surface area contributed by atoms with Crippen LogP contribution in [0.2, 0.25) is 0 Å². The standard InChI is InChI=1S/C11H7N5O2/c12-4-7-1-2-8(5-13-7)16-10-3-9(11(17)18)14-6-15-10/h1-3,5-6H,(H,17,18)(H,14,15,16). The first-order valence-corrected chi connectivity index (χ1v) is 4.87. The molecule has 0 aromatic carbocycles. The van der Waals surface area contributed by atoms with Crippen molar-refractivity contribution < 1.29 is 9.90 Å². The van der Waals surface area contributed by atoms with E-state index in [4.69, 9.17) is 10.4 Å². The predicted molar refractivity (Wildman–Crippen MR) is 61.2 cm³/mol. The molecular weight excluding hydrogens is 234 g/mol. The summed E-state index contributed by atoms with van der Waals surface area (Å²) in [5.74, 6) is -0.785. The highest BCUT2D eigenvalue weighted by molar-refractivity contribution is 5.86. The Balaban J connectivity index is 2.20. The molecule has 0 bridgehead atoms. The normalized spacial score (nSPS) is 9.50. The van der Waals surface area contributed by atoms with Crippen molar-refractivity contribution in [1.29, 1.82) is 5.26 Å². The van der Waals surface area contributed by atoms with Crippen molar-refractivity contribution in [3.05, 3.63) is 42.1 Å². The fourth-order valence-corrected chi connectivity index (χ4v) is 1.22. The molecule has 0 unspecified atom stereocenters. The largest absolute Gasteiger partial charge is 0.477 e. The van der Waals surface area contributed by atoms with Crippen molar-refractivity contribution in [3.63, 3.8) is 0 Å². The monoisotopic (exact) mass is 241 g/mol. The molecule has 0 saturated carbocycles. The zero-order chi connectivity index (χ0) is 13.0. The van der Waals surface area contributed by atoms with Gasteiger partial charge < -0.3 is 10.4 Å². The van der Waals surface area contributed by atoms with Gasteiger partial charge in [-0.25, -0.2) is 19.7 Å². The number of pyridine rings is 1. The summed E-state index contributed by atoms with van der Waals surface area (Å²) < 4.78 is 0. The van der Waals surface area contributed by atoms with Crippen LogP contribution >= 0.6 is 0 Å². The molecule has 18 heavy (non-hydrogen) atoms. The fourth-order valence-electron chi connectivity index (χ4n) is 1.22. The van der Waals surface area contributed by atoms with Crippen molar-refractivity contribution in [2.24, 2.45) is 0 Å². The van der Waals surface area contributed by atoms with Crippen molar-refractivity contribution in [3.8, 4) is 6.07 Å². The summed E-state index contributed by atoms with van der Waals surface area (Å²) in [7, 11) is 0. The molecule has 0 aliphatic rings. The molecule has 0 saturated heterocycles. The van der Waals surface area contributed by atoms with Crippen LogP contribution in [-0.2, 0) is 0 Å². The van der Waals surface area contributed by atoms with E-state index in [0.717, 1.165) is 6.33 Å². The number of nitriles is 1. The van der Waals surface area contributed by atoms with E-state index in [1.165, 1.54) is 12.3 Å². The Bertz CT molecular complexity index is 618. The maximum atomic E-state index is 10.7. The van der Waals surface area contributed by atoms with Gasteiger partial charge >= 0.3 is 5.97 Å². The van der Waals surface area contributed by atoms with E-state index in [1.54, 1.807) is 12.1 Å². The van der Waals surface area contributed by atoms with Gasteiger partial charge in [0.1, 0.15) is 23.9 Å². The van der Waals surface area contributed by atoms with E-state index in [-0.39, 0.29) is 5.69 Å². The number of hydrogen-bond donors (Lipinski definition) is 2. The average Bonchev–Trinajstić information content (AvgIpc) is 2.40. The number of aromatic carboxylic acids is 1. The van der Waals surface area contributed by atoms with Crippen LogP contribution in [0.25, 0.3) is 0 Å². The summed E-state index contributed by atoms with van der Waals surface area (Å²) in [5.41, 5.74) is 0.799. The molecule has 7 heteroatoms. The minimum Gasteiger partial charge on any atom is -0.477 e. The molecule has 7 nitrogen and oxygen atoms in total. The van der Waals surface area contributed by atoms with E-state index in [2.05, 4.69) is 20.3 Å². The van der Waals surface area contributed by atoms with Gasteiger partial charge in [-0.05, 0) is 12.1 Å². The summed E-state index contributed by atoms with van der Waals surface area (Å²) in [6.07, 6.45) is 2.62. The maximum absolute atomic E-state index is 10.7. The van der Waals surface area contributed by atoms with Crippen molar-refractivity contribution >= 4 is 17.5 Å². The molecule has 2 aromatic rings. The van der Waals surface area contributed by atoms with E-state index in [9.17, 15) is 4.79 Å². The van der Waals surface area contributed by atoms with E-state index in [0.29, 0.717) is 17.2 Å². The van der Waals surface area contributed by atoms with Gasteiger partial charge in [-0.2, -0.15) is 5.26 Å². The third-order valence-corrected chi connectivity index (χ3v) is 2.04. The molecule has 2 heterocycles. The number of aromatic nitrogens is 3. The summed E-state index contributed by atoms with van der Waals surface area (Å²) >= 11 is 0. The van der Waals surface area contributed by atoms with E-state index < -0.39 is 5.97 Å². The van der Waals surface area contributed by atoms with E-state index in [1.807, 2.05) is 6.07 Å². The highest BCUT2D eigenvalue weighted by atomic mass is 16.4. The molecule has 0 fully saturated rings. The van der Waals surface area contributed by atoms with Gasteiger partial charge in [0, 0.05) is 6.07 Å². The molecule has 0 atom stereocenters. The van der Waals surface area contributed by atoms with E-state index >= 15 is 0 Å². The maximum Gasteiger partial charge on any atom is 0.354 e. The minimum absolute atomic E-state index is 0.103. The van der Waals surface area contributed by atoms with Crippen molar-refractivity contribution in [2.75, 3.05) is 5.32 Å². The molecule has 0 spiro atoms. The number of rotatable bonds is 3. The lowest BCUT2D eigenvalue weighted by Gasteiger charge is -2.04. The zero-order valence-corrected chi connectivity index (χ0v) is 9.03. The topological polar surface area (TPSA) is 112 Å². The third-order valence-electron chi connectivity index (χ3n) is 2.04. The van der Waals surface area contributed by atoms with Crippen molar-refractivity contribution in [2.45, 2.75) is 0 Å². The predicted octanol–water partition coefficient (Wildman–Crippen LogP) is 1.19. The molecule has 0 radical (unpaired) electrons. The second-order valence-electron chi connectivity index (χ2n) is 3.26. The number of carboxylic acid groups (broad SMARTS) is 1. The molecule has 2 N–H and O–H groups in total. The molecule has 2 aromatic heterocycles. The Kier molecular flexibility index (Phi) is 3.11. The molecule has 0 amide bonds. The quantitative estimate of drug-likeness (QED) is 0.829. The smallest absolute Gasteiger partial charge is 0.354 e. The average molecular weight is 241 g/mol. The Morgan fingerprint density at radius 1 is 1.33 bits per heavy atom. The van der Waals surface area contributed by atoms with Crippen LogP contribution in [0.1, 0.15) is 16.2 Å². The molecular formula is C11H7N5O2. The van der Waals surface area contributed by atoms with Gasteiger partial charge in [0.2, 0.25) is 0 Å². The SMILES string of the molecule is N#Cc1ccc(Nc2cc(C(=O)O)ncn2)cn1. The lowest BCUT2D eigenvalue weighted by Crippen LogP contribution is -2.03. The van der Waals surface area contributed by atoms with Crippen molar-refractivity contribution in [1.82, 2.24) is 15.0 Å². The second-order valence-corrected chi connectivity index (χ2v) is 3.26. The van der Waals surface area contributed by atoms with Crippen LogP contribution in [0, 0.1) is 11.3 Å². The van der Waals surface area contributed by atoms with Gasteiger partial charge in [-0.3, -0.25) is 0 Å². The molecule has 88 valence electrons. The number of carboxylic acids is 1. The Morgan fingerprint density at radius 2 is 2.17 bits per heavy atom. The van der Waals surface area contributed by atoms with Crippen LogP contribution in [0.15, 0.2) is 30.7 Å². The van der Waals surface area contributed by atoms with Crippen LogP contribution < -0.4 is 5.32 Å². The molecule has 2 rings (SSSR count). The van der Waals surface area contributed by atoms with Crippen LogP contribution in [0.4, 0.5) is 11.5 Å². The van der Waals surface area contributed by atoms with Crippen LogP contribution in [0.5, 0.6) is 0 Å². The number of anilines is 2.